The second-order valence-electron chi connectivity index (χ2n) is 7.05. The molecule has 1 fully saturated rings. The number of hydrogen-bond acceptors (Lipinski definition) is 1. The molecule has 0 amide bonds. The second kappa shape index (κ2) is 4.31. The molecule has 1 heterocycles. The van der Waals surface area contributed by atoms with Crippen LogP contribution in [0.1, 0.15) is 60.8 Å². The van der Waals surface area contributed by atoms with Gasteiger partial charge in [0, 0.05) is 0 Å². The fraction of sp³-hybridized carbons (Fsp3) is 1.00. The maximum absolute atomic E-state index is 2.44. The Kier molecular flexibility index (Phi) is 3.86. The van der Waals surface area contributed by atoms with E-state index < -0.39 is 0 Å². The van der Waals surface area contributed by atoms with Crippen molar-refractivity contribution in [3.05, 3.63) is 0 Å². The minimum Gasteiger partial charge on any atom is -0.162 e. The lowest BCUT2D eigenvalue weighted by Crippen LogP contribution is -2.46. The minimum atomic E-state index is 0.427. The van der Waals surface area contributed by atoms with Crippen LogP contribution in [-0.4, -0.2) is 11.5 Å². The van der Waals surface area contributed by atoms with Crippen molar-refractivity contribution in [2.45, 2.75) is 60.8 Å². The third-order valence-electron chi connectivity index (χ3n) is 4.44. The van der Waals surface area contributed by atoms with Crippen LogP contribution in [0.25, 0.3) is 0 Å². The van der Waals surface area contributed by atoms with E-state index in [-0.39, 0.29) is 0 Å². The molecule has 0 aliphatic carbocycles. The van der Waals surface area contributed by atoms with Gasteiger partial charge < -0.3 is 0 Å². The van der Waals surface area contributed by atoms with E-state index in [4.69, 9.17) is 0 Å². The van der Waals surface area contributed by atoms with Gasteiger partial charge in [-0.3, -0.25) is 0 Å². The van der Waals surface area contributed by atoms with E-state index >= 15 is 0 Å². The molecule has 0 radical (unpaired) electrons. The van der Waals surface area contributed by atoms with E-state index in [0.717, 1.165) is 0 Å². The number of hydrogen-bond donors (Lipinski definition) is 0. The Morgan fingerprint density at radius 2 is 1.33 bits per heavy atom. The first-order valence-corrected chi connectivity index (χ1v) is 7.44. The minimum absolute atomic E-state index is 0.427. The standard InChI is InChI=1S/C14H28S/c1-12(2,3)14(13(4,5)6)8-7-10-15-11-9-14/h7-11H2,1-6H3. The van der Waals surface area contributed by atoms with Crippen molar-refractivity contribution in [1.29, 1.82) is 0 Å². The third kappa shape index (κ3) is 2.54. The molecule has 0 unspecified atom stereocenters. The maximum Gasteiger partial charge on any atom is -0.00618 e. The average molecular weight is 228 g/mol. The highest BCUT2D eigenvalue weighted by Crippen LogP contribution is 2.58. The smallest absolute Gasteiger partial charge is 0.00618 e. The van der Waals surface area contributed by atoms with Gasteiger partial charge >= 0.3 is 0 Å². The monoisotopic (exact) mass is 228 g/mol. The molecular formula is C14H28S. The fourth-order valence-corrected chi connectivity index (χ4v) is 4.62. The van der Waals surface area contributed by atoms with Crippen molar-refractivity contribution in [3.8, 4) is 0 Å². The highest BCUT2D eigenvalue weighted by atomic mass is 32.2. The molecule has 0 aromatic carbocycles. The molecule has 0 aromatic rings. The topological polar surface area (TPSA) is 0 Å². The van der Waals surface area contributed by atoms with Crippen LogP contribution in [-0.2, 0) is 0 Å². The van der Waals surface area contributed by atoms with Crippen molar-refractivity contribution in [2.24, 2.45) is 16.2 Å². The van der Waals surface area contributed by atoms with Crippen molar-refractivity contribution in [3.63, 3.8) is 0 Å². The van der Waals surface area contributed by atoms with Gasteiger partial charge in [-0.2, -0.15) is 11.8 Å². The SMILES string of the molecule is CC(C)(C)C1(C(C)(C)C)CCCSCC1. The van der Waals surface area contributed by atoms with E-state index in [0.29, 0.717) is 16.2 Å². The van der Waals surface area contributed by atoms with Crippen LogP contribution in [0.5, 0.6) is 0 Å². The zero-order valence-electron chi connectivity index (χ0n) is 11.4. The predicted molar refractivity (Wildman–Crippen MR) is 72.5 cm³/mol. The first-order valence-electron chi connectivity index (χ1n) is 6.28. The molecule has 1 rings (SSSR count). The molecular weight excluding hydrogens is 200 g/mol. The Bertz CT molecular complexity index is 180. The summed E-state index contributed by atoms with van der Waals surface area (Å²) in [5.41, 5.74) is 1.37. The van der Waals surface area contributed by atoms with Crippen LogP contribution < -0.4 is 0 Å². The fourth-order valence-electron chi connectivity index (χ4n) is 3.57. The first-order chi connectivity index (χ1) is 6.71. The maximum atomic E-state index is 2.44. The summed E-state index contributed by atoms with van der Waals surface area (Å²) in [5, 5.41) is 0. The molecule has 0 N–H and O–H groups in total. The van der Waals surface area contributed by atoms with E-state index in [1.807, 2.05) is 0 Å². The summed E-state index contributed by atoms with van der Waals surface area (Å²) in [6, 6.07) is 0. The zero-order valence-corrected chi connectivity index (χ0v) is 12.3. The lowest BCUT2D eigenvalue weighted by Gasteiger charge is -2.54. The summed E-state index contributed by atoms with van der Waals surface area (Å²) in [7, 11) is 0. The van der Waals surface area contributed by atoms with Crippen LogP contribution in [0.2, 0.25) is 0 Å². The van der Waals surface area contributed by atoms with Crippen LogP contribution >= 0.6 is 11.8 Å². The summed E-state index contributed by atoms with van der Waals surface area (Å²) >= 11 is 2.15. The third-order valence-corrected chi connectivity index (χ3v) is 5.51. The zero-order chi connectivity index (χ0) is 11.7. The van der Waals surface area contributed by atoms with Gasteiger partial charge in [-0.15, -0.1) is 0 Å². The molecule has 1 heteroatoms. The molecule has 0 bridgehead atoms. The van der Waals surface area contributed by atoms with Crippen LogP contribution in [0.15, 0.2) is 0 Å². The predicted octanol–water partition coefficient (Wildman–Crippen LogP) is 4.98. The molecule has 1 aliphatic heterocycles. The van der Waals surface area contributed by atoms with Gasteiger partial charge in [0.05, 0.1) is 0 Å². The summed E-state index contributed by atoms with van der Waals surface area (Å²) in [6.45, 7) is 14.6. The Morgan fingerprint density at radius 3 is 1.80 bits per heavy atom. The quantitative estimate of drug-likeness (QED) is 0.563. The first kappa shape index (κ1) is 13.4. The van der Waals surface area contributed by atoms with E-state index in [9.17, 15) is 0 Å². The highest BCUT2D eigenvalue weighted by molar-refractivity contribution is 7.99. The number of rotatable bonds is 0. The van der Waals surface area contributed by atoms with Gasteiger partial charge in [-0.1, -0.05) is 41.5 Å². The van der Waals surface area contributed by atoms with E-state index in [1.54, 1.807) is 0 Å². The van der Waals surface area contributed by atoms with Crippen molar-refractivity contribution >= 4 is 11.8 Å². The van der Waals surface area contributed by atoms with Gasteiger partial charge in [-0.05, 0) is 47.0 Å². The van der Waals surface area contributed by atoms with Crippen LogP contribution in [0.3, 0.4) is 0 Å². The second-order valence-corrected chi connectivity index (χ2v) is 8.27. The van der Waals surface area contributed by atoms with Crippen molar-refractivity contribution < 1.29 is 0 Å². The Balaban J connectivity index is 3.05. The average Bonchev–Trinajstić information content (AvgIpc) is 2.25. The number of thioether (sulfide) groups is 1. The molecule has 90 valence electrons. The summed E-state index contributed by atoms with van der Waals surface area (Å²) in [5.74, 6) is 2.72. The Labute approximate surface area is 101 Å². The molecule has 0 nitrogen and oxygen atoms in total. The lowest BCUT2D eigenvalue weighted by molar-refractivity contribution is -0.0420. The van der Waals surface area contributed by atoms with Gasteiger partial charge in [0.1, 0.15) is 0 Å². The molecule has 1 saturated heterocycles. The highest BCUT2D eigenvalue weighted by Gasteiger charge is 2.49. The summed E-state index contributed by atoms with van der Waals surface area (Å²) in [4.78, 5) is 0. The van der Waals surface area contributed by atoms with Crippen LogP contribution in [0.4, 0.5) is 0 Å². The molecule has 0 aromatic heterocycles. The van der Waals surface area contributed by atoms with Crippen molar-refractivity contribution in [1.82, 2.24) is 0 Å². The van der Waals surface area contributed by atoms with Gasteiger partial charge in [0.25, 0.3) is 0 Å². The molecule has 0 spiro atoms. The Morgan fingerprint density at radius 1 is 0.800 bits per heavy atom. The molecule has 15 heavy (non-hydrogen) atoms. The molecule has 0 saturated carbocycles. The van der Waals surface area contributed by atoms with Gasteiger partial charge in [-0.25, -0.2) is 0 Å². The molecule has 1 aliphatic rings. The van der Waals surface area contributed by atoms with Gasteiger partial charge in [0.2, 0.25) is 0 Å². The molecule has 0 atom stereocenters. The van der Waals surface area contributed by atoms with E-state index in [2.05, 4.69) is 53.3 Å². The van der Waals surface area contributed by atoms with Crippen molar-refractivity contribution in [2.75, 3.05) is 11.5 Å². The summed E-state index contributed by atoms with van der Waals surface area (Å²) in [6.07, 6.45) is 4.21. The van der Waals surface area contributed by atoms with E-state index in [1.165, 1.54) is 30.8 Å². The Hall–Kier alpha value is 0.350. The van der Waals surface area contributed by atoms with Gasteiger partial charge in [0.15, 0.2) is 0 Å². The van der Waals surface area contributed by atoms with Crippen LogP contribution in [0, 0.1) is 16.2 Å². The summed E-state index contributed by atoms with van der Waals surface area (Å²) < 4.78 is 0. The normalized spacial score (nSPS) is 23.6. The lowest BCUT2D eigenvalue weighted by atomic mass is 9.51. The largest absolute Gasteiger partial charge is 0.162 e.